The second kappa shape index (κ2) is 7.31. The van der Waals surface area contributed by atoms with Crippen molar-refractivity contribution in [2.75, 3.05) is 13.7 Å². The maximum Gasteiger partial charge on any atom is 0.258 e. The molecular weight excluding hydrogens is 268 g/mol. The number of carbonyl (C=O) groups excluding carboxylic acids is 1. The lowest BCUT2D eigenvalue weighted by atomic mass is 10.1. The summed E-state index contributed by atoms with van der Waals surface area (Å²) in [6.07, 6.45) is 4.52. The first-order chi connectivity index (χ1) is 10.1. The summed E-state index contributed by atoms with van der Waals surface area (Å²) in [5.74, 6) is 1.07. The van der Waals surface area contributed by atoms with Gasteiger partial charge in [0.05, 0.1) is 7.11 Å². The van der Waals surface area contributed by atoms with Gasteiger partial charge in [-0.05, 0) is 37.5 Å². The summed E-state index contributed by atoms with van der Waals surface area (Å²) >= 11 is 0. The Morgan fingerprint density at radius 1 is 1.38 bits per heavy atom. The number of hydrogen-bond acceptors (Lipinski definition) is 4. The van der Waals surface area contributed by atoms with Gasteiger partial charge in [-0.2, -0.15) is 0 Å². The molecule has 0 unspecified atom stereocenters. The van der Waals surface area contributed by atoms with Gasteiger partial charge in [0.2, 0.25) is 0 Å². The van der Waals surface area contributed by atoms with Crippen LogP contribution in [-0.4, -0.2) is 25.7 Å². The number of rotatable bonds is 6. The highest BCUT2D eigenvalue weighted by molar-refractivity contribution is 5.78. The molecule has 116 valence electrons. The van der Waals surface area contributed by atoms with Crippen molar-refractivity contribution in [3.63, 3.8) is 0 Å². The van der Waals surface area contributed by atoms with Gasteiger partial charge in [-0.15, -0.1) is 0 Å². The molecule has 0 bridgehead atoms. The zero-order valence-corrected chi connectivity index (χ0v) is 12.7. The molecule has 1 aromatic rings. The van der Waals surface area contributed by atoms with Crippen LogP contribution in [0, 0.1) is 0 Å². The summed E-state index contributed by atoms with van der Waals surface area (Å²) in [6, 6.07) is 5.76. The Bertz CT molecular complexity index is 482. The van der Waals surface area contributed by atoms with E-state index in [-0.39, 0.29) is 18.6 Å². The van der Waals surface area contributed by atoms with Crippen molar-refractivity contribution in [3.8, 4) is 11.5 Å². The molecule has 5 nitrogen and oxygen atoms in total. The van der Waals surface area contributed by atoms with E-state index in [9.17, 15) is 4.79 Å². The lowest BCUT2D eigenvalue weighted by Crippen LogP contribution is -2.36. The van der Waals surface area contributed by atoms with Crippen molar-refractivity contribution < 1.29 is 14.3 Å². The topological polar surface area (TPSA) is 73.6 Å². The molecular formula is C16H24N2O3. The number of benzene rings is 1. The number of amides is 1. The first-order valence-electron chi connectivity index (χ1n) is 7.46. The number of nitrogens with two attached hydrogens (primary N) is 1. The molecule has 2 rings (SSSR count). The molecule has 21 heavy (non-hydrogen) atoms. The van der Waals surface area contributed by atoms with Crippen LogP contribution in [0.3, 0.4) is 0 Å². The summed E-state index contributed by atoms with van der Waals surface area (Å²) in [7, 11) is 1.58. The molecule has 0 heterocycles. The smallest absolute Gasteiger partial charge is 0.258 e. The van der Waals surface area contributed by atoms with Gasteiger partial charge in [-0.25, -0.2) is 0 Å². The van der Waals surface area contributed by atoms with Crippen LogP contribution in [0.25, 0.3) is 0 Å². The quantitative estimate of drug-likeness (QED) is 0.842. The largest absolute Gasteiger partial charge is 0.493 e. The van der Waals surface area contributed by atoms with Crippen molar-refractivity contribution in [1.29, 1.82) is 0 Å². The minimum atomic E-state index is -0.0831. The monoisotopic (exact) mass is 292 g/mol. The van der Waals surface area contributed by atoms with Gasteiger partial charge in [0.15, 0.2) is 18.1 Å². The molecule has 1 amide bonds. The van der Waals surface area contributed by atoms with Gasteiger partial charge in [0, 0.05) is 12.1 Å². The van der Waals surface area contributed by atoms with Crippen molar-refractivity contribution in [3.05, 3.63) is 23.8 Å². The van der Waals surface area contributed by atoms with Gasteiger partial charge in [-0.3, -0.25) is 4.79 Å². The SMILES string of the molecule is COc1cc([C@H](C)N)ccc1OCC(=O)NC1CCCC1. The molecule has 0 aromatic heterocycles. The number of ether oxygens (including phenoxy) is 2. The van der Waals surface area contributed by atoms with Crippen LogP contribution in [0.4, 0.5) is 0 Å². The summed E-state index contributed by atoms with van der Waals surface area (Å²) < 4.78 is 10.8. The number of nitrogens with one attached hydrogen (secondary N) is 1. The molecule has 0 saturated heterocycles. The predicted octanol–water partition coefficient (Wildman–Crippen LogP) is 2.15. The van der Waals surface area contributed by atoms with Gasteiger partial charge in [0.1, 0.15) is 0 Å². The molecule has 1 atom stereocenters. The maximum absolute atomic E-state index is 11.9. The fourth-order valence-corrected chi connectivity index (χ4v) is 2.57. The molecule has 1 aromatic carbocycles. The molecule has 1 aliphatic carbocycles. The second-order valence-corrected chi connectivity index (χ2v) is 5.54. The minimum Gasteiger partial charge on any atom is -0.493 e. The first-order valence-corrected chi connectivity index (χ1v) is 7.46. The standard InChI is InChI=1S/C16H24N2O3/c1-11(17)12-7-8-14(15(9-12)20-2)21-10-16(19)18-13-5-3-4-6-13/h7-9,11,13H,3-6,10,17H2,1-2H3,(H,18,19)/t11-/m0/s1. The molecule has 1 saturated carbocycles. The molecule has 1 aliphatic rings. The van der Waals surface area contributed by atoms with Crippen molar-refractivity contribution in [2.24, 2.45) is 5.73 Å². The lowest BCUT2D eigenvalue weighted by Gasteiger charge is -2.15. The highest BCUT2D eigenvalue weighted by Crippen LogP contribution is 2.29. The Balaban J connectivity index is 1.91. The van der Waals surface area contributed by atoms with E-state index in [2.05, 4.69) is 5.32 Å². The zero-order chi connectivity index (χ0) is 15.2. The second-order valence-electron chi connectivity index (χ2n) is 5.54. The minimum absolute atomic E-state index is 0.00435. The van der Waals surface area contributed by atoms with Crippen LogP contribution in [-0.2, 0) is 4.79 Å². The third kappa shape index (κ3) is 4.36. The Morgan fingerprint density at radius 3 is 2.71 bits per heavy atom. The zero-order valence-electron chi connectivity index (χ0n) is 12.7. The number of carbonyl (C=O) groups is 1. The van der Waals surface area contributed by atoms with E-state index in [0.717, 1.165) is 18.4 Å². The van der Waals surface area contributed by atoms with Gasteiger partial charge in [-0.1, -0.05) is 18.9 Å². The predicted molar refractivity (Wildman–Crippen MR) is 81.5 cm³/mol. The molecule has 0 radical (unpaired) electrons. The van der Waals surface area contributed by atoms with Crippen molar-refractivity contribution in [2.45, 2.75) is 44.7 Å². The van der Waals surface area contributed by atoms with E-state index in [0.29, 0.717) is 17.5 Å². The van der Waals surface area contributed by atoms with E-state index in [1.807, 2.05) is 19.1 Å². The van der Waals surface area contributed by atoms with Crippen molar-refractivity contribution in [1.82, 2.24) is 5.32 Å². The first kappa shape index (κ1) is 15.6. The van der Waals surface area contributed by atoms with Crippen LogP contribution in [0.15, 0.2) is 18.2 Å². The molecule has 0 aliphatic heterocycles. The normalized spacial score (nSPS) is 16.5. The van der Waals surface area contributed by atoms with Crippen LogP contribution in [0.1, 0.15) is 44.2 Å². The van der Waals surface area contributed by atoms with Crippen LogP contribution in [0.2, 0.25) is 0 Å². The van der Waals surface area contributed by atoms with Crippen molar-refractivity contribution >= 4 is 5.91 Å². The fourth-order valence-electron chi connectivity index (χ4n) is 2.57. The Kier molecular flexibility index (Phi) is 5.44. The molecule has 0 spiro atoms. The third-order valence-electron chi connectivity index (χ3n) is 3.79. The van der Waals surface area contributed by atoms with Gasteiger partial charge in [0.25, 0.3) is 5.91 Å². The van der Waals surface area contributed by atoms with Gasteiger partial charge >= 0.3 is 0 Å². The Morgan fingerprint density at radius 2 is 2.10 bits per heavy atom. The van der Waals surface area contributed by atoms with E-state index >= 15 is 0 Å². The average molecular weight is 292 g/mol. The van der Waals surface area contributed by atoms with E-state index in [1.165, 1.54) is 12.8 Å². The van der Waals surface area contributed by atoms with E-state index < -0.39 is 0 Å². The van der Waals surface area contributed by atoms with Crippen LogP contribution < -0.4 is 20.5 Å². The highest BCUT2D eigenvalue weighted by Gasteiger charge is 2.17. The third-order valence-corrected chi connectivity index (χ3v) is 3.79. The molecule has 5 heteroatoms. The average Bonchev–Trinajstić information content (AvgIpc) is 2.97. The van der Waals surface area contributed by atoms with E-state index in [4.69, 9.17) is 15.2 Å². The van der Waals surface area contributed by atoms with Crippen LogP contribution >= 0.6 is 0 Å². The summed E-state index contributed by atoms with van der Waals surface area (Å²) in [4.78, 5) is 11.9. The maximum atomic E-state index is 11.9. The molecule has 1 fully saturated rings. The number of hydrogen-bond donors (Lipinski definition) is 2. The Labute approximate surface area is 125 Å². The fraction of sp³-hybridized carbons (Fsp3) is 0.562. The van der Waals surface area contributed by atoms with Gasteiger partial charge < -0.3 is 20.5 Å². The highest BCUT2D eigenvalue weighted by atomic mass is 16.5. The van der Waals surface area contributed by atoms with Crippen LogP contribution in [0.5, 0.6) is 11.5 Å². The lowest BCUT2D eigenvalue weighted by molar-refractivity contribution is -0.123. The summed E-state index contributed by atoms with van der Waals surface area (Å²) in [5, 5.41) is 2.99. The Hall–Kier alpha value is -1.75. The molecule has 3 N–H and O–H groups in total. The summed E-state index contributed by atoms with van der Waals surface area (Å²) in [5.41, 5.74) is 6.81. The van der Waals surface area contributed by atoms with E-state index in [1.54, 1.807) is 13.2 Å². The summed E-state index contributed by atoms with van der Waals surface area (Å²) in [6.45, 7) is 1.91. The number of methoxy groups -OCH3 is 1.